The second-order valence-electron chi connectivity index (χ2n) is 4.04. The van der Waals surface area contributed by atoms with E-state index in [-0.39, 0.29) is 16.4 Å². The molecule has 1 rings (SSSR count). The molecule has 5 nitrogen and oxygen atoms in total. The lowest BCUT2D eigenvalue weighted by atomic mass is 10.2. The van der Waals surface area contributed by atoms with Crippen molar-refractivity contribution in [1.29, 1.82) is 0 Å². The van der Waals surface area contributed by atoms with Crippen LogP contribution in [0.5, 0.6) is 0 Å². The first-order chi connectivity index (χ1) is 9.25. The first-order valence-corrected chi connectivity index (χ1v) is 8.94. The van der Waals surface area contributed by atoms with Gasteiger partial charge >= 0.3 is 0 Å². The van der Waals surface area contributed by atoms with Gasteiger partial charge < -0.3 is 9.64 Å². The predicted octanol–water partition coefficient (Wildman–Crippen LogP) is 2.49. The fraction of sp³-hybridized carbons (Fsp3) is 0.417. The molecule has 0 aliphatic heterocycles. The summed E-state index contributed by atoms with van der Waals surface area (Å²) in [6.07, 6.45) is 0. The number of hydrogen-bond donors (Lipinski definition) is 0. The summed E-state index contributed by atoms with van der Waals surface area (Å²) in [6, 6.07) is 4.15. The second-order valence-corrected chi connectivity index (χ2v) is 7.52. The van der Waals surface area contributed by atoms with Crippen molar-refractivity contribution in [2.24, 2.45) is 0 Å². The van der Waals surface area contributed by atoms with Crippen molar-refractivity contribution in [2.75, 3.05) is 26.8 Å². The molecule has 0 aliphatic rings. The Balaban J connectivity index is 2.96. The second kappa shape index (κ2) is 7.40. The van der Waals surface area contributed by atoms with E-state index in [1.54, 1.807) is 13.1 Å². The first-order valence-electron chi connectivity index (χ1n) is 5.84. The minimum absolute atomic E-state index is 0.116. The van der Waals surface area contributed by atoms with Gasteiger partial charge in [0.2, 0.25) is 0 Å². The third-order valence-corrected chi connectivity index (χ3v) is 4.31. The van der Waals surface area contributed by atoms with E-state index in [2.05, 4.69) is 15.9 Å². The zero-order valence-electron chi connectivity index (χ0n) is 11.1. The van der Waals surface area contributed by atoms with Crippen LogP contribution in [0.4, 0.5) is 0 Å². The lowest BCUT2D eigenvalue weighted by molar-refractivity contribution is 0.0709. The molecule has 1 aromatic carbocycles. The Hall–Kier alpha value is -0.630. The van der Waals surface area contributed by atoms with E-state index in [1.165, 1.54) is 17.0 Å². The number of ether oxygens (including phenoxy) is 1. The van der Waals surface area contributed by atoms with Crippen LogP contribution in [0.25, 0.3) is 0 Å². The largest absolute Gasteiger partial charge is 0.380 e. The van der Waals surface area contributed by atoms with Gasteiger partial charge in [0.05, 0.1) is 11.5 Å². The number of benzene rings is 1. The van der Waals surface area contributed by atoms with E-state index < -0.39 is 9.05 Å². The smallest absolute Gasteiger partial charge is 0.261 e. The van der Waals surface area contributed by atoms with Crippen LogP contribution < -0.4 is 0 Å². The Kier molecular flexibility index (Phi) is 6.44. The molecule has 112 valence electrons. The summed E-state index contributed by atoms with van der Waals surface area (Å²) in [6.45, 7) is 3.29. The summed E-state index contributed by atoms with van der Waals surface area (Å²) in [5.74, 6) is -0.299. The topological polar surface area (TPSA) is 63.7 Å². The number of carbonyl (C=O) groups is 1. The maximum absolute atomic E-state index is 12.2. The van der Waals surface area contributed by atoms with Crippen molar-refractivity contribution in [2.45, 2.75) is 11.8 Å². The summed E-state index contributed by atoms with van der Waals surface area (Å²) < 4.78 is 28.3. The quantitative estimate of drug-likeness (QED) is 0.558. The van der Waals surface area contributed by atoms with Crippen molar-refractivity contribution >= 4 is 41.6 Å². The number of amides is 1. The van der Waals surface area contributed by atoms with Crippen LogP contribution in [0.3, 0.4) is 0 Å². The van der Waals surface area contributed by atoms with Crippen molar-refractivity contribution < 1.29 is 17.9 Å². The Morgan fingerprint density at radius 3 is 2.60 bits per heavy atom. The molecule has 20 heavy (non-hydrogen) atoms. The Bertz CT molecular complexity index is 591. The lowest BCUT2D eigenvalue weighted by Crippen LogP contribution is -2.30. The van der Waals surface area contributed by atoms with Gasteiger partial charge in [0.25, 0.3) is 15.0 Å². The SMILES string of the molecule is CCOCCN(C)C(=O)c1cc(Br)cc(S(=O)(=O)Cl)c1. The molecular formula is C12H15BrClNO4S. The zero-order valence-corrected chi connectivity index (χ0v) is 14.3. The Morgan fingerprint density at radius 2 is 2.05 bits per heavy atom. The summed E-state index contributed by atoms with van der Waals surface area (Å²) in [5, 5.41) is 0. The van der Waals surface area contributed by atoms with Crippen LogP contribution in [-0.2, 0) is 13.8 Å². The molecule has 0 aliphatic carbocycles. The van der Waals surface area contributed by atoms with E-state index in [1.807, 2.05) is 6.92 Å². The molecule has 0 heterocycles. The van der Waals surface area contributed by atoms with E-state index >= 15 is 0 Å². The first kappa shape index (κ1) is 17.4. The highest BCUT2D eigenvalue weighted by atomic mass is 79.9. The molecule has 0 N–H and O–H groups in total. The molecule has 1 aromatic rings. The van der Waals surface area contributed by atoms with E-state index in [9.17, 15) is 13.2 Å². The number of nitrogens with zero attached hydrogens (tertiary/aromatic N) is 1. The van der Waals surface area contributed by atoms with Gasteiger partial charge in [-0.15, -0.1) is 0 Å². The summed E-state index contributed by atoms with van der Waals surface area (Å²) >= 11 is 3.17. The van der Waals surface area contributed by atoms with Crippen LogP contribution in [-0.4, -0.2) is 46.0 Å². The number of rotatable bonds is 6. The highest BCUT2D eigenvalue weighted by Crippen LogP contribution is 2.23. The molecule has 8 heteroatoms. The van der Waals surface area contributed by atoms with Crippen LogP contribution in [0.2, 0.25) is 0 Å². The van der Waals surface area contributed by atoms with Gasteiger partial charge in [-0.2, -0.15) is 0 Å². The average Bonchev–Trinajstić information content (AvgIpc) is 2.36. The fourth-order valence-electron chi connectivity index (χ4n) is 1.49. The lowest BCUT2D eigenvalue weighted by Gasteiger charge is -2.17. The normalized spacial score (nSPS) is 11.4. The molecule has 0 fully saturated rings. The maximum atomic E-state index is 12.2. The van der Waals surface area contributed by atoms with Crippen molar-refractivity contribution in [3.05, 3.63) is 28.2 Å². The standard InChI is InChI=1S/C12H15BrClNO4S/c1-3-19-5-4-15(2)12(16)9-6-10(13)8-11(7-9)20(14,17)18/h6-8H,3-5H2,1-2H3. The van der Waals surface area contributed by atoms with Crippen molar-refractivity contribution in [3.63, 3.8) is 0 Å². The molecule has 0 unspecified atom stereocenters. The fourth-order valence-corrected chi connectivity index (χ4v) is 2.94. The molecular weight excluding hydrogens is 370 g/mol. The number of carbonyl (C=O) groups excluding carboxylic acids is 1. The van der Waals surface area contributed by atoms with Gasteiger partial charge in [0.1, 0.15) is 0 Å². The zero-order chi connectivity index (χ0) is 15.3. The van der Waals surface area contributed by atoms with Crippen molar-refractivity contribution in [1.82, 2.24) is 4.90 Å². The number of likely N-dealkylation sites (N-methyl/N-ethyl adjacent to an activating group) is 1. The predicted molar refractivity (Wildman–Crippen MR) is 80.6 cm³/mol. The van der Waals surface area contributed by atoms with E-state index in [0.717, 1.165) is 0 Å². The van der Waals surface area contributed by atoms with Crippen molar-refractivity contribution in [3.8, 4) is 0 Å². The summed E-state index contributed by atoms with van der Waals surface area (Å²) in [5.41, 5.74) is 0.248. The Labute approximate surface area is 131 Å². The monoisotopic (exact) mass is 383 g/mol. The van der Waals surface area contributed by atoms with Gasteiger partial charge in [0, 0.05) is 40.9 Å². The molecule has 0 aromatic heterocycles. The molecule has 0 atom stereocenters. The highest BCUT2D eigenvalue weighted by Gasteiger charge is 2.17. The van der Waals surface area contributed by atoms with Gasteiger partial charge in [-0.25, -0.2) is 8.42 Å². The maximum Gasteiger partial charge on any atom is 0.261 e. The minimum atomic E-state index is -3.88. The highest BCUT2D eigenvalue weighted by molar-refractivity contribution is 9.10. The third kappa shape index (κ3) is 5.05. The molecule has 0 saturated heterocycles. The Morgan fingerprint density at radius 1 is 1.40 bits per heavy atom. The van der Waals surface area contributed by atoms with Crippen LogP contribution in [0.1, 0.15) is 17.3 Å². The van der Waals surface area contributed by atoms with Gasteiger partial charge in [0.15, 0.2) is 0 Å². The van der Waals surface area contributed by atoms with E-state index in [4.69, 9.17) is 15.4 Å². The number of hydrogen-bond acceptors (Lipinski definition) is 4. The molecule has 1 amide bonds. The molecule has 0 radical (unpaired) electrons. The van der Waals surface area contributed by atoms with Gasteiger partial charge in [-0.1, -0.05) is 15.9 Å². The van der Waals surface area contributed by atoms with Crippen LogP contribution in [0.15, 0.2) is 27.6 Å². The van der Waals surface area contributed by atoms with Crippen LogP contribution in [0, 0.1) is 0 Å². The third-order valence-electron chi connectivity index (χ3n) is 2.52. The van der Waals surface area contributed by atoms with E-state index in [0.29, 0.717) is 24.2 Å². The molecule has 0 bridgehead atoms. The summed E-state index contributed by atoms with van der Waals surface area (Å²) in [4.78, 5) is 13.5. The molecule has 0 spiro atoms. The minimum Gasteiger partial charge on any atom is -0.380 e. The van der Waals surface area contributed by atoms with Crippen LogP contribution >= 0.6 is 26.6 Å². The molecule has 0 saturated carbocycles. The summed E-state index contributed by atoms with van der Waals surface area (Å²) in [7, 11) is 3.04. The van der Waals surface area contributed by atoms with Gasteiger partial charge in [-0.05, 0) is 25.1 Å². The average molecular weight is 385 g/mol. The van der Waals surface area contributed by atoms with Gasteiger partial charge in [-0.3, -0.25) is 4.79 Å². The number of halogens is 2.